The number of thioether (sulfide) groups is 1. The molecule has 0 unspecified atom stereocenters. The Kier molecular flexibility index (Phi) is 5.20. The largest absolute Gasteiger partial charge is 0.310 e. The molecular formula is C13H21NS. The highest BCUT2D eigenvalue weighted by Gasteiger charge is 2.05. The normalized spacial score (nSPS) is 13.1. The van der Waals surface area contributed by atoms with Crippen LogP contribution in [0.1, 0.15) is 26.3 Å². The van der Waals surface area contributed by atoms with Gasteiger partial charge in [0.2, 0.25) is 0 Å². The molecule has 0 radical (unpaired) electrons. The van der Waals surface area contributed by atoms with Gasteiger partial charge in [-0.1, -0.05) is 26.0 Å². The maximum absolute atomic E-state index is 3.53. The van der Waals surface area contributed by atoms with Crippen LogP contribution in [0.4, 0.5) is 0 Å². The van der Waals surface area contributed by atoms with E-state index in [0.717, 1.165) is 6.54 Å². The SMILES string of the molecule is CSc1ccc(CN[C@@H](C)C(C)C)cc1. The molecule has 0 saturated carbocycles. The second-order valence-electron chi connectivity index (χ2n) is 4.26. The summed E-state index contributed by atoms with van der Waals surface area (Å²) in [6.07, 6.45) is 2.11. The Hall–Kier alpha value is -0.470. The van der Waals surface area contributed by atoms with E-state index in [1.54, 1.807) is 11.8 Å². The zero-order valence-corrected chi connectivity index (χ0v) is 10.9. The molecule has 15 heavy (non-hydrogen) atoms. The molecule has 1 rings (SSSR count). The molecule has 0 aliphatic rings. The van der Waals surface area contributed by atoms with Crippen molar-refractivity contribution in [3.05, 3.63) is 29.8 Å². The van der Waals surface area contributed by atoms with E-state index in [2.05, 4.69) is 56.6 Å². The maximum Gasteiger partial charge on any atom is 0.0208 e. The number of nitrogens with one attached hydrogen (secondary N) is 1. The Morgan fingerprint density at radius 3 is 2.20 bits per heavy atom. The second-order valence-corrected chi connectivity index (χ2v) is 5.14. The minimum absolute atomic E-state index is 0.574. The van der Waals surface area contributed by atoms with Crippen molar-refractivity contribution in [2.75, 3.05) is 6.26 Å². The first kappa shape index (κ1) is 12.6. The number of hydrogen-bond acceptors (Lipinski definition) is 2. The molecule has 2 heteroatoms. The van der Waals surface area contributed by atoms with Gasteiger partial charge in [-0.05, 0) is 36.8 Å². The summed E-state index contributed by atoms with van der Waals surface area (Å²) in [6.45, 7) is 7.69. The van der Waals surface area contributed by atoms with Crippen LogP contribution in [0, 0.1) is 5.92 Å². The Bertz CT molecular complexity index is 279. The van der Waals surface area contributed by atoms with Gasteiger partial charge in [-0.3, -0.25) is 0 Å². The van der Waals surface area contributed by atoms with E-state index in [9.17, 15) is 0 Å². The molecule has 1 nitrogen and oxygen atoms in total. The predicted molar refractivity (Wildman–Crippen MR) is 69.4 cm³/mol. The molecular weight excluding hydrogens is 202 g/mol. The topological polar surface area (TPSA) is 12.0 Å². The molecule has 1 N–H and O–H groups in total. The molecule has 0 saturated heterocycles. The molecule has 0 aromatic heterocycles. The van der Waals surface area contributed by atoms with E-state index in [0.29, 0.717) is 12.0 Å². The fourth-order valence-electron chi connectivity index (χ4n) is 1.26. The summed E-state index contributed by atoms with van der Waals surface area (Å²) in [5.41, 5.74) is 1.36. The van der Waals surface area contributed by atoms with Crippen LogP contribution < -0.4 is 5.32 Å². The lowest BCUT2D eigenvalue weighted by Crippen LogP contribution is -2.30. The van der Waals surface area contributed by atoms with Crippen molar-refractivity contribution >= 4 is 11.8 Å². The summed E-state index contributed by atoms with van der Waals surface area (Å²) < 4.78 is 0. The molecule has 0 spiro atoms. The van der Waals surface area contributed by atoms with Gasteiger partial charge in [0, 0.05) is 17.5 Å². The van der Waals surface area contributed by atoms with Crippen LogP contribution in [-0.4, -0.2) is 12.3 Å². The quantitative estimate of drug-likeness (QED) is 0.766. The molecule has 0 heterocycles. The third-order valence-corrected chi connectivity index (χ3v) is 3.53. The Morgan fingerprint density at radius 2 is 1.73 bits per heavy atom. The molecule has 0 aliphatic carbocycles. The van der Waals surface area contributed by atoms with Crippen molar-refractivity contribution in [3.8, 4) is 0 Å². The number of rotatable bonds is 5. The zero-order valence-electron chi connectivity index (χ0n) is 10.1. The maximum atomic E-state index is 3.53. The molecule has 1 aromatic rings. The van der Waals surface area contributed by atoms with Gasteiger partial charge < -0.3 is 5.32 Å². The van der Waals surface area contributed by atoms with E-state index in [-0.39, 0.29) is 0 Å². The molecule has 0 aliphatic heterocycles. The highest BCUT2D eigenvalue weighted by Crippen LogP contribution is 2.14. The van der Waals surface area contributed by atoms with Gasteiger partial charge in [-0.15, -0.1) is 11.8 Å². The first-order valence-electron chi connectivity index (χ1n) is 5.49. The van der Waals surface area contributed by atoms with Gasteiger partial charge in [0.1, 0.15) is 0 Å². The van der Waals surface area contributed by atoms with Crippen LogP contribution in [0.15, 0.2) is 29.2 Å². The van der Waals surface area contributed by atoms with Crippen molar-refractivity contribution < 1.29 is 0 Å². The summed E-state index contributed by atoms with van der Waals surface area (Å²) in [5, 5.41) is 3.53. The Balaban J connectivity index is 2.44. The average molecular weight is 223 g/mol. The van der Waals surface area contributed by atoms with Crippen LogP contribution in [0.25, 0.3) is 0 Å². The van der Waals surface area contributed by atoms with Crippen LogP contribution in [0.5, 0.6) is 0 Å². The zero-order chi connectivity index (χ0) is 11.3. The second kappa shape index (κ2) is 6.19. The van der Waals surface area contributed by atoms with E-state index < -0.39 is 0 Å². The van der Waals surface area contributed by atoms with Crippen molar-refractivity contribution in [2.45, 2.75) is 38.3 Å². The molecule has 84 valence electrons. The lowest BCUT2D eigenvalue weighted by atomic mass is 10.1. The van der Waals surface area contributed by atoms with E-state index in [1.165, 1.54) is 10.5 Å². The monoisotopic (exact) mass is 223 g/mol. The van der Waals surface area contributed by atoms with E-state index >= 15 is 0 Å². The fourth-order valence-corrected chi connectivity index (χ4v) is 1.67. The van der Waals surface area contributed by atoms with E-state index in [1.807, 2.05) is 0 Å². The van der Waals surface area contributed by atoms with Crippen LogP contribution in [-0.2, 0) is 6.54 Å². The molecule has 0 amide bonds. The fraction of sp³-hybridized carbons (Fsp3) is 0.538. The third-order valence-electron chi connectivity index (χ3n) is 2.79. The third kappa shape index (κ3) is 4.27. The Labute approximate surface area is 97.7 Å². The first-order chi connectivity index (χ1) is 7.13. The molecule has 0 fully saturated rings. The van der Waals surface area contributed by atoms with Crippen molar-refractivity contribution in [3.63, 3.8) is 0 Å². The number of benzene rings is 1. The summed E-state index contributed by atoms with van der Waals surface area (Å²) in [4.78, 5) is 1.33. The van der Waals surface area contributed by atoms with Gasteiger partial charge in [0.25, 0.3) is 0 Å². The highest BCUT2D eigenvalue weighted by molar-refractivity contribution is 7.98. The molecule has 0 bridgehead atoms. The van der Waals surface area contributed by atoms with Gasteiger partial charge in [-0.25, -0.2) is 0 Å². The minimum atomic E-state index is 0.574. The van der Waals surface area contributed by atoms with E-state index in [4.69, 9.17) is 0 Å². The van der Waals surface area contributed by atoms with Gasteiger partial charge in [0.05, 0.1) is 0 Å². The standard InChI is InChI=1S/C13H21NS/c1-10(2)11(3)14-9-12-5-7-13(15-4)8-6-12/h5-8,10-11,14H,9H2,1-4H3/t11-/m0/s1. The smallest absolute Gasteiger partial charge is 0.0208 e. The molecule has 1 atom stereocenters. The van der Waals surface area contributed by atoms with Crippen LogP contribution in [0.2, 0.25) is 0 Å². The molecule has 1 aromatic carbocycles. The first-order valence-corrected chi connectivity index (χ1v) is 6.72. The Morgan fingerprint density at radius 1 is 1.13 bits per heavy atom. The lowest BCUT2D eigenvalue weighted by molar-refractivity contribution is 0.426. The summed E-state index contributed by atoms with van der Waals surface area (Å²) in [5.74, 6) is 0.690. The highest BCUT2D eigenvalue weighted by atomic mass is 32.2. The summed E-state index contributed by atoms with van der Waals surface area (Å²) >= 11 is 1.79. The lowest BCUT2D eigenvalue weighted by Gasteiger charge is -2.17. The van der Waals surface area contributed by atoms with Gasteiger partial charge >= 0.3 is 0 Å². The summed E-state index contributed by atoms with van der Waals surface area (Å²) in [6, 6.07) is 9.34. The number of hydrogen-bond donors (Lipinski definition) is 1. The van der Waals surface area contributed by atoms with Crippen LogP contribution in [0.3, 0.4) is 0 Å². The minimum Gasteiger partial charge on any atom is -0.310 e. The average Bonchev–Trinajstić information content (AvgIpc) is 2.26. The van der Waals surface area contributed by atoms with Crippen molar-refractivity contribution in [1.82, 2.24) is 5.32 Å². The summed E-state index contributed by atoms with van der Waals surface area (Å²) in [7, 11) is 0. The van der Waals surface area contributed by atoms with Crippen molar-refractivity contribution in [1.29, 1.82) is 0 Å². The van der Waals surface area contributed by atoms with Gasteiger partial charge in [-0.2, -0.15) is 0 Å². The van der Waals surface area contributed by atoms with Gasteiger partial charge in [0.15, 0.2) is 0 Å². The van der Waals surface area contributed by atoms with Crippen LogP contribution >= 0.6 is 11.8 Å². The predicted octanol–water partition coefficient (Wildman–Crippen LogP) is 3.54. The van der Waals surface area contributed by atoms with Crippen molar-refractivity contribution in [2.24, 2.45) is 5.92 Å².